The molecule has 4 heteroatoms. The second kappa shape index (κ2) is 4.85. The number of rotatable bonds is 0. The summed E-state index contributed by atoms with van der Waals surface area (Å²) in [6.07, 6.45) is 1.69. The normalized spacial score (nSPS) is 26.4. The largest absolute Gasteiger partial charge is 0.444 e. The van der Waals surface area contributed by atoms with Gasteiger partial charge in [-0.25, -0.2) is 4.79 Å². The first-order valence-electron chi connectivity index (χ1n) is 5.79. The van der Waals surface area contributed by atoms with Crippen molar-refractivity contribution in [1.29, 1.82) is 0 Å². The van der Waals surface area contributed by atoms with Crippen LogP contribution in [-0.2, 0) is 4.74 Å². The van der Waals surface area contributed by atoms with Crippen LogP contribution in [0.3, 0.4) is 0 Å². The summed E-state index contributed by atoms with van der Waals surface area (Å²) < 4.78 is 5.36. The minimum absolute atomic E-state index is 0.150. The van der Waals surface area contributed by atoms with E-state index in [-0.39, 0.29) is 18.1 Å². The van der Waals surface area contributed by atoms with Crippen LogP contribution in [-0.4, -0.2) is 41.9 Å². The number of carbonyl (C=O) groups is 1. The standard InChI is InChI=1S/C12H22N2O2/c1-9-6-13-10(2)8-14(7-9)11(15)16-12(3,4)5/h6,9-10H,7-8H2,1-5H3. The Morgan fingerprint density at radius 1 is 1.38 bits per heavy atom. The molecule has 0 spiro atoms. The van der Waals surface area contributed by atoms with Crippen molar-refractivity contribution in [2.45, 2.75) is 46.3 Å². The molecule has 2 unspecified atom stereocenters. The molecule has 0 aromatic carbocycles. The van der Waals surface area contributed by atoms with Gasteiger partial charge in [-0.1, -0.05) is 6.92 Å². The molecule has 0 radical (unpaired) electrons. The predicted molar refractivity (Wildman–Crippen MR) is 64.9 cm³/mol. The van der Waals surface area contributed by atoms with Crippen LogP contribution in [0.25, 0.3) is 0 Å². The van der Waals surface area contributed by atoms with Crippen molar-refractivity contribution in [3.63, 3.8) is 0 Å². The highest BCUT2D eigenvalue weighted by molar-refractivity contribution is 5.70. The second-order valence-electron chi connectivity index (χ2n) is 5.51. The molecule has 0 fully saturated rings. The van der Waals surface area contributed by atoms with Crippen molar-refractivity contribution < 1.29 is 9.53 Å². The molecule has 92 valence electrons. The quantitative estimate of drug-likeness (QED) is 0.636. The third-order valence-electron chi connectivity index (χ3n) is 2.24. The molecular formula is C12H22N2O2. The van der Waals surface area contributed by atoms with Crippen molar-refractivity contribution in [3.05, 3.63) is 0 Å². The fraction of sp³-hybridized carbons (Fsp3) is 0.833. The van der Waals surface area contributed by atoms with E-state index < -0.39 is 5.60 Å². The van der Waals surface area contributed by atoms with Crippen molar-refractivity contribution in [3.8, 4) is 0 Å². The summed E-state index contributed by atoms with van der Waals surface area (Å²) in [7, 11) is 0. The lowest BCUT2D eigenvalue weighted by Gasteiger charge is -2.28. The Morgan fingerprint density at radius 2 is 2.00 bits per heavy atom. The number of ether oxygens (including phenoxy) is 1. The lowest BCUT2D eigenvalue weighted by Crippen LogP contribution is -2.41. The fourth-order valence-electron chi connectivity index (χ4n) is 1.60. The van der Waals surface area contributed by atoms with Gasteiger partial charge in [-0.3, -0.25) is 4.99 Å². The van der Waals surface area contributed by atoms with Gasteiger partial charge in [-0.05, 0) is 27.7 Å². The van der Waals surface area contributed by atoms with Crippen LogP contribution in [0.5, 0.6) is 0 Å². The van der Waals surface area contributed by atoms with E-state index in [9.17, 15) is 4.79 Å². The van der Waals surface area contributed by atoms with E-state index in [0.29, 0.717) is 13.1 Å². The lowest BCUT2D eigenvalue weighted by molar-refractivity contribution is 0.0236. The van der Waals surface area contributed by atoms with Gasteiger partial charge in [0, 0.05) is 25.2 Å². The molecule has 0 saturated heterocycles. The second-order valence-corrected chi connectivity index (χ2v) is 5.51. The summed E-state index contributed by atoms with van der Waals surface area (Å²) >= 11 is 0. The summed E-state index contributed by atoms with van der Waals surface area (Å²) in [6.45, 7) is 11.0. The molecule has 0 aromatic rings. The average Bonchev–Trinajstić information content (AvgIpc) is 2.25. The summed E-state index contributed by atoms with van der Waals surface area (Å²) in [6, 6.07) is 0.150. The zero-order chi connectivity index (χ0) is 12.3. The Kier molecular flexibility index (Phi) is 3.94. The van der Waals surface area contributed by atoms with Crippen molar-refractivity contribution in [1.82, 2.24) is 4.90 Å². The van der Waals surface area contributed by atoms with Gasteiger partial charge in [0.2, 0.25) is 0 Å². The number of aliphatic imine (C=N–C) groups is 1. The molecule has 0 N–H and O–H groups in total. The van der Waals surface area contributed by atoms with Gasteiger partial charge in [-0.15, -0.1) is 0 Å². The zero-order valence-corrected chi connectivity index (χ0v) is 10.9. The lowest BCUT2D eigenvalue weighted by atomic mass is 10.2. The molecule has 2 atom stereocenters. The Labute approximate surface area is 97.7 Å². The summed E-state index contributed by atoms with van der Waals surface area (Å²) in [5.74, 6) is 0.289. The van der Waals surface area contributed by atoms with Crippen LogP contribution in [0.4, 0.5) is 4.79 Å². The highest BCUT2D eigenvalue weighted by Gasteiger charge is 2.25. The molecule has 1 heterocycles. The maximum atomic E-state index is 11.9. The van der Waals surface area contributed by atoms with E-state index >= 15 is 0 Å². The molecule has 0 bridgehead atoms. The molecule has 1 aliphatic rings. The van der Waals surface area contributed by atoms with E-state index in [1.165, 1.54) is 0 Å². The summed E-state index contributed by atoms with van der Waals surface area (Å²) in [5.41, 5.74) is -0.434. The highest BCUT2D eigenvalue weighted by atomic mass is 16.6. The maximum absolute atomic E-state index is 11.9. The monoisotopic (exact) mass is 226 g/mol. The third kappa shape index (κ3) is 4.21. The Morgan fingerprint density at radius 3 is 2.56 bits per heavy atom. The minimum atomic E-state index is -0.434. The van der Waals surface area contributed by atoms with E-state index in [1.807, 2.05) is 33.9 Å². The van der Waals surface area contributed by atoms with E-state index in [4.69, 9.17) is 4.74 Å². The number of amides is 1. The fourth-order valence-corrected chi connectivity index (χ4v) is 1.60. The Hall–Kier alpha value is -1.06. The van der Waals surface area contributed by atoms with Crippen LogP contribution >= 0.6 is 0 Å². The van der Waals surface area contributed by atoms with E-state index in [0.717, 1.165) is 0 Å². The molecule has 1 amide bonds. The van der Waals surface area contributed by atoms with E-state index in [2.05, 4.69) is 11.9 Å². The van der Waals surface area contributed by atoms with Crippen LogP contribution in [0.15, 0.2) is 4.99 Å². The number of hydrogen-bond acceptors (Lipinski definition) is 3. The van der Waals surface area contributed by atoms with Gasteiger partial charge in [-0.2, -0.15) is 0 Å². The van der Waals surface area contributed by atoms with Gasteiger partial charge >= 0.3 is 6.09 Å². The van der Waals surface area contributed by atoms with Gasteiger partial charge in [0.25, 0.3) is 0 Å². The number of nitrogens with zero attached hydrogens (tertiary/aromatic N) is 2. The molecule has 0 aliphatic carbocycles. The number of hydrogen-bond donors (Lipinski definition) is 0. The molecule has 4 nitrogen and oxygen atoms in total. The van der Waals surface area contributed by atoms with Gasteiger partial charge < -0.3 is 9.64 Å². The Balaban J connectivity index is 2.62. The van der Waals surface area contributed by atoms with Gasteiger partial charge in [0.1, 0.15) is 5.60 Å². The topological polar surface area (TPSA) is 41.9 Å². The summed E-state index contributed by atoms with van der Waals surface area (Å²) in [5, 5.41) is 0. The minimum Gasteiger partial charge on any atom is -0.444 e. The van der Waals surface area contributed by atoms with Gasteiger partial charge in [0.15, 0.2) is 0 Å². The molecule has 0 saturated carbocycles. The van der Waals surface area contributed by atoms with Crippen molar-refractivity contribution in [2.24, 2.45) is 10.9 Å². The van der Waals surface area contributed by atoms with Crippen LogP contribution < -0.4 is 0 Å². The first-order valence-corrected chi connectivity index (χ1v) is 5.79. The van der Waals surface area contributed by atoms with Crippen molar-refractivity contribution >= 4 is 12.3 Å². The Bertz CT molecular complexity index is 267. The third-order valence-corrected chi connectivity index (χ3v) is 2.24. The SMILES string of the molecule is CC1C=NC(C)CN(C(=O)OC(C)(C)C)C1. The van der Waals surface area contributed by atoms with Crippen LogP contribution in [0.2, 0.25) is 0 Å². The smallest absolute Gasteiger partial charge is 0.410 e. The maximum Gasteiger partial charge on any atom is 0.410 e. The van der Waals surface area contributed by atoms with Crippen molar-refractivity contribution in [2.75, 3.05) is 13.1 Å². The van der Waals surface area contributed by atoms with Crippen LogP contribution in [0, 0.1) is 5.92 Å². The van der Waals surface area contributed by atoms with Gasteiger partial charge in [0.05, 0.1) is 6.04 Å². The zero-order valence-electron chi connectivity index (χ0n) is 10.9. The molecule has 0 aromatic heterocycles. The van der Waals surface area contributed by atoms with Crippen LogP contribution in [0.1, 0.15) is 34.6 Å². The molecule has 1 rings (SSSR count). The van der Waals surface area contributed by atoms with E-state index in [1.54, 1.807) is 4.90 Å². The summed E-state index contributed by atoms with van der Waals surface area (Å²) in [4.78, 5) is 18.0. The molecular weight excluding hydrogens is 204 g/mol. The first-order chi connectivity index (χ1) is 7.28. The molecule has 1 aliphatic heterocycles. The first kappa shape index (κ1) is 13.0. The number of carbonyl (C=O) groups excluding carboxylic acids is 1. The predicted octanol–water partition coefficient (Wildman–Crippen LogP) is 2.33. The average molecular weight is 226 g/mol. The highest BCUT2D eigenvalue weighted by Crippen LogP contribution is 2.13. The molecule has 16 heavy (non-hydrogen) atoms.